The highest BCUT2D eigenvalue weighted by atomic mass is 16.5. The number of hydrogen-bond donors (Lipinski definition) is 1. The van der Waals surface area contributed by atoms with Crippen LogP contribution in [0.4, 0.5) is 0 Å². The molecule has 0 aromatic heterocycles. The molecular weight excluding hydrogens is 222 g/mol. The lowest BCUT2D eigenvalue weighted by Crippen LogP contribution is -2.63. The number of piperidine rings is 1. The van der Waals surface area contributed by atoms with Crippen molar-refractivity contribution < 1.29 is 4.74 Å². The lowest BCUT2D eigenvalue weighted by atomic mass is 9.52. The van der Waals surface area contributed by atoms with E-state index in [-0.39, 0.29) is 0 Å². The van der Waals surface area contributed by atoms with Gasteiger partial charge in [-0.05, 0) is 62.3 Å². The Morgan fingerprint density at radius 1 is 1.39 bits per heavy atom. The Bertz CT molecular complexity index is 526. The Morgan fingerprint density at radius 2 is 2.39 bits per heavy atom. The highest BCUT2D eigenvalue weighted by Crippen LogP contribution is 2.60. The summed E-state index contributed by atoms with van der Waals surface area (Å²) in [6.07, 6.45) is 6.83. The average Bonchev–Trinajstić information content (AvgIpc) is 2.70. The molecule has 1 saturated heterocycles. The Kier molecular flexibility index (Phi) is 1.70. The molecule has 0 amide bonds. The minimum Gasteiger partial charge on any atom is -0.489 e. The van der Waals surface area contributed by atoms with Crippen molar-refractivity contribution in [3.05, 3.63) is 29.3 Å². The van der Waals surface area contributed by atoms with Crippen LogP contribution >= 0.6 is 0 Å². The molecule has 1 saturated carbocycles. The van der Waals surface area contributed by atoms with Gasteiger partial charge in [0.05, 0.1) is 0 Å². The SMILES string of the molecule is [c]1ccc2c3c1C[C@H]1NCC[C@@]34C(CCC[C@@H]14)O2. The summed E-state index contributed by atoms with van der Waals surface area (Å²) in [5.74, 6) is 1.98. The van der Waals surface area contributed by atoms with Crippen molar-refractivity contribution in [2.45, 2.75) is 49.7 Å². The summed E-state index contributed by atoms with van der Waals surface area (Å²) in [6, 6.07) is 8.36. The fraction of sp³-hybridized carbons (Fsp3) is 0.625. The molecular formula is C16H18NO. The van der Waals surface area contributed by atoms with Gasteiger partial charge < -0.3 is 10.1 Å². The minimum atomic E-state index is 0.342. The third kappa shape index (κ3) is 0.934. The van der Waals surface area contributed by atoms with Gasteiger partial charge in [0, 0.05) is 17.0 Å². The predicted molar refractivity (Wildman–Crippen MR) is 68.8 cm³/mol. The normalized spacial score (nSPS) is 43.2. The highest BCUT2D eigenvalue weighted by Gasteiger charge is 2.61. The zero-order valence-electron chi connectivity index (χ0n) is 10.5. The topological polar surface area (TPSA) is 21.3 Å². The van der Waals surface area contributed by atoms with Gasteiger partial charge >= 0.3 is 0 Å². The predicted octanol–water partition coefficient (Wildman–Crippen LogP) is 2.20. The van der Waals surface area contributed by atoms with Crippen LogP contribution in [0.3, 0.4) is 0 Å². The molecule has 5 rings (SSSR count). The molecule has 2 nitrogen and oxygen atoms in total. The van der Waals surface area contributed by atoms with Crippen LogP contribution in [-0.4, -0.2) is 18.7 Å². The molecule has 4 atom stereocenters. The van der Waals surface area contributed by atoms with E-state index in [1.165, 1.54) is 37.0 Å². The molecule has 2 aliphatic carbocycles. The molecule has 1 aromatic rings. The summed E-state index contributed by atoms with van der Waals surface area (Å²) in [5.41, 5.74) is 3.33. The molecule has 2 bridgehead atoms. The highest BCUT2D eigenvalue weighted by molar-refractivity contribution is 5.54. The fourth-order valence-electron chi connectivity index (χ4n) is 5.31. The van der Waals surface area contributed by atoms with Gasteiger partial charge in [0.15, 0.2) is 0 Å². The molecule has 1 aromatic carbocycles. The summed E-state index contributed by atoms with van der Waals surface area (Å²) in [5, 5.41) is 3.75. The first kappa shape index (κ1) is 9.85. The van der Waals surface area contributed by atoms with Crippen molar-refractivity contribution in [3.63, 3.8) is 0 Å². The Hall–Kier alpha value is -1.02. The number of ether oxygens (including phenoxy) is 1. The first-order chi connectivity index (χ1) is 8.89. The molecule has 2 aliphatic heterocycles. The molecule has 18 heavy (non-hydrogen) atoms. The standard InChI is InChI=1S/C16H18NO/c1-3-10-9-12-11-4-2-6-14-16(11,7-8-17-12)15(10)13(5-1)18-14/h1,5,11-12,14,17H,2,4,6-9H2/t11-,12+,14?,16+/m0/s1. The van der Waals surface area contributed by atoms with Gasteiger partial charge in [0.2, 0.25) is 0 Å². The Labute approximate surface area is 108 Å². The van der Waals surface area contributed by atoms with Gasteiger partial charge in [-0.1, -0.05) is 6.07 Å². The van der Waals surface area contributed by atoms with Crippen LogP contribution in [-0.2, 0) is 11.8 Å². The second-order valence-corrected chi connectivity index (χ2v) is 6.39. The van der Waals surface area contributed by atoms with E-state index in [1.807, 2.05) is 0 Å². The second kappa shape index (κ2) is 3.11. The molecule has 1 unspecified atom stereocenters. The van der Waals surface area contributed by atoms with Crippen molar-refractivity contribution in [2.24, 2.45) is 5.92 Å². The largest absolute Gasteiger partial charge is 0.489 e. The second-order valence-electron chi connectivity index (χ2n) is 6.39. The van der Waals surface area contributed by atoms with Crippen LogP contribution in [0.1, 0.15) is 36.8 Å². The first-order valence-electron chi connectivity index (χ1n) is 7.34. The summed E-state index contributed by atoms with van der Waals surface area (Å²) in [7, 11) is 0. The van der Waals surface area contributed by atoms with Crippen molar-refractivity contribution in [1.29, 1.82) is 0 Å². The minimum absolute atomic E-state index is 0.342. The maximum Gasteiger partial charge on any atom is 0.123 e. The number of nitrogens with one attached hydrogen (secondary N) is 1. The van der Waals surface area contributed by atoms with Crippen LogP contribution in [0.5, 0.6) is 5.75 Å². The van der Waals surface area contributed by atoms with Crippen LogP contribution in [0.25, 0.3) is 0 Å². The molecule has 1 radical (unpaired) electrons. The monoisotopic (exact) mass is 240 g/mol. The maximum absolute atomic E-state index is 6.33. The fourth-order valence-corrected chi connectivity index (χ4v) is 5.31. The van der Waals surface area contributed by atoms with Crippen molar-refractivity contribution >= 4 is 0 Å². The third-order valence-electron chi connectivity index (χ3n) is 5.85. The van der Waals surface area contributed by atoms with E-state index in [1.54, 1.807) is 5.56 Å². The van der Waals surface area contributed by atoms with Gasteiger partial charge in [-0.2, -0.15) is 0 Å². The van der Waals surface area contributed by atoms with E-state index in [4.69, 9.17) is 4.74 Å². The molecule has 2 heteroatoms. The zero-order chi connectivity index (χ0) is 11.7. The van der Waals surface area contributed by atoms with Crippen molar-refractivity contribution in [2.75, 3.05) is 6.54 Å². The van der Waals surface area contributed by atoms with Gasteiger partial charge in [-0.15, -0.1) is 0 Å². The quantitative estimate of drug-likeness (QED) is 0.750. The van der Waals surface area contributed by atoms with Gasteiger partial charge in [-0.25, -0.2) is 0 Å². The van der Waals surface area contributed by atoms with Crippen LogP contribution < -0.4 is 10.1 Å². The lowest BCUT2D eigenvalue weighted by Gasteiger charge is -2.55. The Morgan fingerprint density at radius 3 is 3.39 bits per heavy atom. The van der Waals surface area contributed by atoms with Crippen LogP contribution in [0.2, 0.25) is 0 Å². The summed E-state index contributed by atoms with van der Waals surface area (Å²) in [4.78, 5) is 0. The third-order valence-corrected chi connectivity index (χ3v) is 5.85. The molecule has 1 N–H and O–H groups in total. The maximum atomic E-state index is 6.33. The van der Waals surface area contributed by atoms with E-state index in [2.05, 4.69) is 23.5 Å². The molecule has 4 aliphatic rings. The molecule has 1 spiro atoms. The van der Waals surface area contributed by atoms with Crippen molar-refractivity contribution in [3.8, 4) is 5.75 Å². The molecule has 2 fully saturated rings. The van der Waals surface area contributed by atoms with E-state index in [0.29, 0.717) is 17.6 Å². The summed E-state index contributed by atoms with van der Waals surface area (Å²) < 4.78 is 6.33. The summed E-state index contributed by atoms with van der Waals surface area (Å²) in [6.45, 7) is 1.16. The smallest absolute Gasteiger partial charge is 0.123 e. The van der Waals surface area contributed by atoms with Gasteiger partial charge in [-0.3, -0.25) is 0 Å². The number of hydrogen-bond acceptors (Lipinski definition) is 2. The van der Waals surface area contributed by atoms with Crippen LogP contribution in [0, 0.1) is 12.0 Å². The van der Waals surface area contributed by atoms with Crippen LogP contribution in [0.15, 0.2) is 12.1 Å². The average molecular weight is 240 g/mol. The number of rotatable bonds is 0. The van der Waals surface area contributed by atoms with Gasteiger partial charge in [0.1, 0.15) is 11.9 Å². The summed E-state index contributed by atoms with van der Waals surface area (Å²) >= 11 is 0. The first-order valence-corrected chi connectivity index (χ1v) is 7.34. The van der Waals surface area contributed by atoms with E-state index < -0.39 is 0 Å². The van der Waals surface area contributed by atoms with E-state index >= 15 is 0 Å². The zero-order valence-corrected chi connectivity index (χ0v) is 10.5. The Balaban J connectivity index is 1.83. The van der Waals surface area contributed by atoms with E-state index in [0.717, 1.165) is 18.9 Å². The number of benzene rings is 1. The van der Waals surface area contributed by atoms with Crippen molar-refractivity contribution in [1.82, 2.24) is 5.32 Å². The van der Waals surface area contributed by atoms with E-state index in [9.17, 15) is 0 Å². The van der Waals surface area contributed by atoms with Gasteiger partial charge in [0.25, 0.3) is 0 Å². The lowest BCUT2D eigenvalue weighted by molar-refractivity contribution is 0.00335. The molecule has 2 heterocycles. The molecule has 93 valence electrons.